The first-order valence-corrected chi connectivity index (χ1v) is 6.34. The summed E-state index contributed by atoms with van der Waals surface area (Å²) in [7, 11) is 1.66. The molecule has 0 spiro atoms. The summed E-state index contributed by atoms with van der Waals surface area (Å²) in [6, 6.07) is 5.94. The van der Waals surface area contributed by atoms with Gasteiger partial charge in [-0.25, -0.2) is 0 Å². The summed E-state index contributed by atoms with van der Waals surface area (Å²) in [6.45, 7) is 5.71. The van der Waals surface area contributed by atoms with Crippen molar-refractivity contribution >= 4 is 0 Å². The van der Waals surface area contributed by atoms with E-state index in [0.29, 0.717) is 19.8 Å². The molecule has 0 aromatic heterocycles. The first-order chi connectivity index (χ1) is 8.71. The van der Waals surface area contributed by atoms with E-state index in [1.807, 2.05) is 32.0 Å². The standard InChI is InChI=1S/C14H23NO3/c1-4-17-13-7-6-11(8-12(15)10-16-3)9-14(13)18-5-2/h6-7,9,12H,4-5,8,10,15H2,1-3H3. The highest BCUT2D eigenvalue weighted by molar-refractivity contribution is 5.43. The van der Waals surface area contributed by atoms with Gasteiger partial charge in [0.1, 0.15) is 0 Å². The van der Waals surface area contributed by atoms with Gasteiger partial charge in [0.2, 0.25) is 0 Å². The van der Waals surface area contributed by atoms with Gasteiger partial charge in [0, 0.05) is 13.2 Å². The zero-order valence-electron chi connectivity index (χ0n) is 11.4. The average molecular weight is 253 g/mol. The van der Waals surface area contributed by atoms with Crippen LogP contribution in [0.25, 0.3) is 0 Å². The van der Waals surface area contributed by atoms with Crippen LogP contribution in [0.4, 0.5) is 0 Å². The SMILES string of the molecule is CCOc1ccc(CC(N)COC)cc1OCC. The van der Waals surface area contributed by atoms with Crippen molar-refractivity contribution in [2.24, 2.45) is 5.73 Å². The Kier molecular flexibility index (Phi) is 6.54. The molecule has 0 bridgehead atoms. The van der Waals surface area contributed by atoms with Gasteiger partial charge in [-0.1, -0.05) is 6.07 Å². The Morgan fingerprint density at radius 1 is 1.11 bits per heavy atom. The van der Waals surface area contributed by atoms with Crippen molar-refractivity contribution in [2.75, 3.05) is 26.9 Å². The third-order valence-electron chi connectivity index (χ3n) is 2.49. The van der Waals surface area contributed by atoms with E-state index in [2.05, 4.69) is 0 Å². The number of ether oxygens (including phenoxy) is 3. The monoisotopic (exact) mass is 253 g/mol. The smallest absolute Gasteiger partial charge is 0.161 e. The molecule has 0 aliphatic carbocycles. The van der Waals surface area contributed by atoms with Crippen LogP contribution in [0.3, 0.4) is 0 Å². The Morgan fingerprint density at radius 2 is 1.78 bits per heavy atom. The van der Waals surface area contributed by atoms with E-state index in [4.69, 9.17) is 19.9 Å². The zero-order valence-corrected chi connectivity index (χ0v) is 11.4. The van der Waals surface area contributed by atoms with E-state index in [9.17, 15) is 0 Å². The summed E-state index contributed by atoms with van der Waals surface area (Å²) in [5, 5.41) is 0. The van der Waals surface area contributed by atoms with Crippen LogP contribution in [0, 0.1) is 0 Å². The summed E-state index contributed by atoms with van der Waals surface area (Å²) in [5.41, 5.74) is 7.07. The lowest BCUT2D eigenvalue weighted by Gasteiger charge is -2.14. The highest BCUT2D eigenvalue weighted by Gasteiger charge is 2.09. The Hall–Kier alpha value is -1.26. The van der Waals surface area contributed by atoms with Crippen molar-refractivity contribution in [3.05, 3.63) is 23.8 Å². The van der Waals surface area contributed by atoms with Gasteiger partial charge < -0.3 is 19.9 Å². The number of methoxy groups -OCH3 is 1. The summed E-state index contributed by atoms with van der Waals surface area (Å²) in [5.74, 6) is 1.56. The Bertz CT molecular complexity index is 355. The molecule has 4 heteroatoms. The number of hydrogen-bond donors (Lipinski definition) is 1. The van der Waals surface area contributed by atoms with Crippen molar-refractivity contribution < 1.29 is 14.2 Å². The van der Waals surface area contributed by atoms with Crippen LogP contribution in [0.5, 0.6) is 11.5 Å². The van der Waals surface area contributed by atoms with Crippen molar-refractivity contribution in [1.82, 2.24) is 0 Å². The summed E-state index contributed by atoms with van der Waals surface area (Å²) >= 11 is 0. The van der Waals surface area contributed by atoms with Crippen LogP contribution in [0.15, 0.2) is 18.2 Å². The minimum atomic E-state index is 0.00224. The van der Waals surface area contributed by atoms with Gasteiger partial charge in [-0.2, -0.15) is 0 Å². The maximum atomic E-state index is 5.94. The third kappa shape index (κ3) is 4.55. The Balaban J connectivity index is 2.78. The molecule has 0 aliphatic rings. The fourth-order valence-corrected chi connectivity index (χ4v) is 1.80. The molecule has 0 radical (unpaired) electrons. The number of nitrogens with two attached hydrogens (primary N) is 1. The highest BCUT2D eigenvalue weighted by atomic mass is 16.5. The maximum Gasteiger partial charge on any atom is 0.161 e. The van der Waals surface area contributed by atoms with E-state index in [-0.39, 0.29) is 6.04 Å². The molecule has 1 rings (SSSR count). The molecule has 0 aliphatic heterocycles. The molecule has 102 valence electrons. The summed E-state index contributed by atoms with van der Waals surface area (Å²) in [4.78, 5) is 0. The molecule has 4 nitrogen and oxygen atoms in total. The normalized spacial score (nSPS) is 12.2. The fourth-order valence-electron chi connectivity index (χ4n) is 1.80. The predicted octanol–water partition coefficient (Wildman–Crippen LogP) is 2.00. The number of hydrogen-bond acceptors (Lipinski definition) is 4. The second-order valence-corrected chi connectivity index (χ2v) is 4.07. The van der Waals surface area contributed by atoms with Crippen molar-refractivity contribution in [3.63, 3.8) is 0 Å². The quantitative estimate of drug-likeness (QED) is 0.770. The third-order valence-corrected chi connectivity index (χ3v) is 2.49. The summed E-state index contributed by atoms with van der Waals surface area (Å²) in [6.07, 6.45) is 0.764. The van der Waals surface area contributed by atoms with E-state index in [1.54, 1.807) is 7.11 Å². The Morgan fingerprint density at radius 3 is 2.39 bits per heavy atom. The first kappa shape index (κ1) is 14.8. The molecule has 0 amide bonds. The number of benzene rings is 1. The topological polar surface area (TPSA) is 53.7 Å². The molecule has 18 heavy (non-hydrogen) atoms. The molecule has 0 saturated carbocycles. The minimum Gasteiger partial charge on any atom is -0.490 e. The van der Waals surface area contributed by atoms with Crippen molar-refractivity contribution in [1.29, 1.82) is 0 Å². The molecule has 0 fully saturated rings. The van der Waals surface area contributed by atoms with Gasteiger partial charge in [-0.05, 0) is 38.0 Å². The molecular formula is C14H23NO3. The van der Waals surface area contributed by atoms with Crippen LogP contribution in [0.1, 0.15) is 19.4 Å². The lowest BCUT2D eigenvalue weighted by atomic mass is 10.1. The van der Waals surface area contributed by atoms with Crippen molar-refractivity contribution in [3.8, 4) is 11.5 Å². The van der Waals surface area contributed by atoms with Crippen LogP contribution < -0.4 is 15.2 Å². The average Bonchev–Trinajstić information content (AvgIpc) is 2.33. The number of rotatable bonds is 8. The highest BCUT2D eigenvalue weighted by Crippen LogP contribution is 2.28. The second-order valence-electron chi connectivity index (χ2n) is 4.07. The van der Waals surface area contributed by atoms with Crippen LogP contribution >= 0.6 is 0 Å². The second kappa shape index (κ2) is 7.95. The molecule has 1 atom stereocenters. The fraction of sp³-hybridized carbons (Fsp3) is 0.571. The van der Waals surface area contributed by atoms with Gasteiger partial charge in [0.25, 0.3) is 0 Å². The molecule has 0 heterocycles. The predicted molar refractivity (Wildman–Crippen MR) is 72.3 cm³/mol. The maximum absolute atomic E-state index is 5.94. The van der Waals surface area contributed by atoms with E-state index in [1.165, 1.54) is 0 Å². The molecule has 0 saturated heterocycles. The summed E-state index contributed by atoms with van der Waals surface area (Å²) < 4.78 is 16.1. The zero-order chi connectivity index (χ0) is 13.4. The van der Waals surface area contributed by atoms with E-state index < -0.39 is 0 Å². The van der Waals surface area contributed by atoms with Gasteiger partial charge >= 0.3 is 0 Å². The minimum absolute atomic E-state index is 0.00224. The van der Waals surface area contributed by atoms with Gasteiger partial charge in [0.15, 0.2) is 11.5 Å². The van der Waals surface area contributed by atoms with Crippen LogP contribution in [-0.4, -0.2) is 33.0 Å². The Labute approximate surface area is 109 Å². The van der Waals surface area contributed by atoms with Gasteiger partial charge in [0.05, 0.1) is 19.8 Å². The molecule has 1 unspecified atom stereocenters. The van der Waals surface area contributed by atoms with E-state index in [0.717, 1.165) is 23.5 Å². The molecular weight excluding hydrogens is 230 g/mol. The van der Waals surface area contributed by atoms with E-state index >= 15 is 0 Å². The first-order valence-electron chi connectivity index (χ1n) is 6.34. The molecule has 1 aromatic carbocycles. The largest absolute Gasteiger partial charge is 0.490 e. The van der Waals surface area contributed by atoms with Crippen LogP contribution in [0.2, 0.25) is 0 Å². The molecule has 1 aromatic rings. The lowest BCUT2D eigenvalue weighted by molar-refractivity contribution is 0.180. The van der Waals surface area contributed by atoms with Crippen LogP contribution in [-0.2, 0) is 11.2 Å². The molecule has 2 N–H and O–H groups in total. The van der Waals surface area contributed by atoms with Crippen molar-refractivity contribution in [2.45, 2.75) is 26.3 Å². The lowest BCUT2D eigenvalue weighted by Crippen LogP contribution is -2.27. The van der Waals surface area contributed by atoms with Gasteiger partial charge in [-0.3, -0.25) is 0 Å². The van der Waals surface area contributed by atoms with Gasteiger partial charge in [-0.15, -0.1) is 0 Å².